The van der Waals surface area contributed by atoms with E-state index in [2.05, 4.69) is 36.0 Å². The van der Waals surface area contributed by atoms with Crippen molar-refractivity contribution in [3.8, 4) is 0 Å². The van der Waals surface area contributed by atoms with Gasteiger partial charge in [0.15, 0.2) is 0 Å². The molecule has 18 heavy (non-hydrogen) atoms. The van der Waals surface area contributed by atoms with E-state index in [1.54, 1.807) is 0 Å². The average molecular weight is 312 g/mol. The summed E-state index contributed by atoms with van der Waals surface area (Å²) in [4.78, 5) is 7.16. The van der Waals surface area contributed by atoms with Crippen LogP contribution in [0.25, 0.3) is 0 Å². The molecule has 6 heteroatoms. The van der Waals surface area contributed by atoms with Crippen LogP contribution in [-0.4, -0.2) is 31.2 Å². The molecule has 1 aromatic heterocycles. The number of aryl methyl sites for hydroxylation is 1. The van der Waals surface area contributed by atoms with Crippen LogP contribution in [0.5, 0.6) is 0 Å². The monoisotopic (exact) mass is 311 g/mol. The zero-order chi connectivity index (χ0) is 11.5. The van der Waals surface area contributed by atoms with E-state index >= 15 is 0 Å². The highest BCUT2D eigenvalue weighted by atomic mass is 35.5. The molecular weight excluding hydrogens is 289 g/mol. The largest absolute Gasteiger partial charge is 0.361 e. The number of nitrogens with zero attached hydrogens (tertiary/aromatic N) is 2. The third-order valence-electron chi connectivity index (χ3n) is 2.91. The van der Waals surface area contributed by atoms with Gasteiger partial charge in [-0.1, -0.05) is 13.8 Å². The minimum atomic E-state index is 0. The van der Waals surface area contributed by atoms with Gasteiger partial charge in [-0.05, 0) is 19.9 Å². The van der Waals surface area contributed by atoms with E-state index in [0.29, 0.717) is 5.92 Å². The predicted molar refractivity (Wildman–Crippen MR) is 85.1 cm³/mol. The van der Waals surface area contributed by atoms with Crippen molar-refractivity contribution in [2.45, 2.75) is 33.1 Å². The molecular formula is C12H23Cl2N3S. The Balaban J connectivity index is 0.00000144. The molecule has 1 saturated heterocycles. The van der Waals surface area contributed by atoms with Gasteiger partial charge in [0.1, 0.15) is 5.00 Å². The molecule has 0 saturated carbocycles. The van der Waals surface area contributed by atoms with Gasteiger partial charge in [-0.15, -0.1) is 36.2 Å². The Bertz CT molecular complexity index is 347. The molecule has 0 atom stereocenters. The van der Waals surface area contributed by atoms with Gasteiger partial charge >= 0.3 is 0 Å². The van der Waals surface area contributed by atoms with E-state index in [1.807, 2.05) is 11.3 Å². The number of halogens is 2. The molecule has 0 spiro atoms. The van der Waals surface area contributed by atoms with Crippen molar-refractivity contribution in [1.82, 2.24) is 10.3 Å². The molecule has 1 N–H and O–H groups in total. The zero-order valence-corrected chi connectivity index (χ0v) is 13.7. The molecule has 1 aliphatic rings. The van der Waals surface area contributed by atoms with Crippen molar-refractivity contribution in [2.75, 3.05) is 31.1 Å². The number of hydrogen-bond donors (Lipinski definition) is 1. The maximum atomic E-state index is 4.67. The van der Waals surface area contributed by atoms with E-state index < -0.39 is 0 Å². The van der Waals surface area contributed by atoms with Gasteiger partial charge in [0.05, 0.1) is 10.7 Å². The third kappa shape index (κ3) is 4.26. The normalized spacial score (nSPS) is 15.9. The first-order chi connectivity index (χ1) is 7.68. The fourth-order valence-corrected chi connectivity index (χ4v) is 3.12. The SMILES string of the molecule is Cc1nc(C(C)C)sc1N1CCCNCC1.Cl.Cl. The van der Waals surface area contributed by atoms with Gasteiger partial charge in [0.25, 0.3) is 0 Å². The van der Waals surface area contributed by atoms with Crippen LogP contribution in [0.1, 0.15) is 36.9 Å². The van der Waals surface area contributed by atoms with E-state index in [-0.39, 0.29) is 24.8 Å². The van der Waals surface area contributed by atoms with Crippen LogP contribution < -0.4 is 10.2 Å². The molecule has 1 aliphatic heterocycles. The highest BCUT2D eigenvalue weighted by molar-refractivity contribution is 7.16. The second kappa shape index (κ2) is 8.20. The lowest BCUT2D eigenvalue weighted by atomic mass is 10.2. The number of nitrogens with one attached hydrogen (secondary N) is 1. The van der Waals surface area contributed by atoms with E-state index in [4.69, 9.17) is 0 Å². The summed E-state index contributed by atoms with van der Waals surface area (Å²) >= 11 is 1.87. The Kier molecular flexibility index (Phi) is 8.19. The van der Waals surface area contributed by atoms with Gasteiger partial charge in [0, 0.05) is 25.6 Å². The van der Waals surface area contributed by atoms with Gasteiger partial charge in [-0.2, -0.15) is 0 Å². The van der Waals surface area contributed by atoms with Crippen LogP contribution in [0, 0.1) is 6.92 Å². The third-order valence-corrected chi connectivity index (χ3v) is 4.43. The molecule has 0 bridgehead atoms. The second-order valence-electron chi connectivity index (χ2n) is 4.69. The summed E-state index contributed by atoms with van der Waals surface area (Å²) in [6.45, 7) is 11.1. The zero-order valence-electron chi connectivity index (χ0n) is 11.2. The average Bonchev–Trinajstić information content (AvgIpc) is 2.50. The Hall–Kier alpha value is -0.0300. The highest BCUT2D eigenvalue weighted by Gasteiger charge is 2.17. The van der Waals surface area contributed by atoms with Gasteiger partial charge < -0.3 is 10.2 Å². The Morgan fingerprint density at radius 1 is 1.22 bits per heavy atom. The summed E-state index contributed by atoms with van der Waals surface area (Å²) < 4.78 is 0. The van der Waals surface area contributed by atoms with Crippen molar-refractivity contribution >= 4 is 41.2 Å². The van der Waals surface area contributed by atoms with Crippen molar-refractivity contribution in [3.63, 3.8) is 0 Å². The molecule has 2 heterocycles. The molecule has 0 aromatic carbocycles. The number of rotatable bonds is 2. The standard InChI is InChI=1S/C12H21N3S.2ClH/c1-9(2)11-14-10(3)12(16-11)15-7-4-5-13-6-8-15;;/h9,13H,4-8H2,1-3H3;2*1H. The van der Waals surface area contributed by atoms with Crippen molar-refractivity contribution < 1.29 is 0 Å². The van der Waals surface area contributed by atoms with Crippen LogP contribution in [0.4, 0.5) is 5.00 Å². The minimum Gasteiger partial charge on any atom is -0.361 e. The van der Waals surface area contributed by atoms with Crippen LogP contribution in [0.2, 0.25) is 0 Å². The number of aromatic nitrogens is 1. The summed E-state index contributed by atoms with van der Waals surface area (Å²) in [6.07, 6.45) is 1.23. The lowest BCUT2D eigenvalue weighted by Gasteiger charge is -2.20. The van der Waals surface area contributed by atoms with E-state index in [1.165, 1.54) is 22.1 Å². The number of hydrogen-bond acceptors (Lipinski definition) is 4. The van der Waals surface area contributed by atoms with Crippen molar-refractivity contribution in [3.05, 3.63) is 10.7 Å². The van der Waals surface area contributed by atoms with Crippen LogP contribution in [-0.2, 0) is 0 Å². The Labute approximate surface area is 126 Å². The van der Waals surface area contributed by atoms with Gasteiger partial charge in [0.2, 0.25) is 0 Å². The number of anilines is 1. The fraction of sp³-hybridized carbons (Fsp3) is 0.750. The van der Waals surface area contributed by atoms with Crippen molar-refractivity contribution in [1.29, 1.82) is 0 Å². The Morgan fingerprint density at radius 3 is 2.56 bits per heavy atom. The highest BCUT2D eigenvalue weighted by Crippen LogP contribution is 2.32. The second-order valence-corrected chi connectivity index (χ2v) is 5.70. The molecule has 106 valence electrons. The molecule has 0 aliphatic carbocycles. The molecule has 0 unspecified atom stereocenters. The van der Waals surface area contributed by atoms with Crippen LogP contribution >= 0.6 is 36.2 Å². The maximum Gasteiger partial charge on any atom is 0.114 e. The summed E-state index contributed by atoms with van der Waals surface area (Å²) in [7, 11) is 0. The van der Waals surface area contributed by atoms with Gasteiger partial charge in [-0.25, -0.2) is 4.98 Å². The molecule has 0 radical (unpaired) electrons. The number of thiazole rings is 1. The topological polar surface area (TPSA) is 28.2 Å². The molecule has 2 rings (SSSR count). The lowest BCUT2D eigenvalue weighted by molar-refractivity contribution is 0.724. The summed E-state index contributed by atoms with van der Waals surface area (Å²) in [5.74, 6) is 0.544. The van der Waals surface area contributed by atoms with Crippen LogP contribution in [0.3, 0.4) is 0 Å². The van der Waals surface area contributed by atoms with Gasteiger partial charge in [-0.3, -0.25) is 0 Å². The fourth-order valence-electron chi connectivity index (χ4n) is 2.00. The molecule has 1 aromatic rings. The predicted octanol–water partition coefficient (Wildman–Crippen LogP) is 3.22. The first kappa shape index (κ1) is 18.0. The van der Waals surface area contributed by atoms with Crippen LogP contribution in [0.15, 0.2) is 0 Å². The summed E-state index contributed by atoms with van der Waals surface area (Å²) in [5.41, 5.74) is 1.20. The Morgan fingerprint density at radius 2 is 1.94 bits per heavy atom. The lowest BCUT2D eigenvalue weighted by Crippen LogP contribution is -2.27. The van der Waals surface area contributed by atoms with E-state index in [0.717, 1.165) is 26.2 Å². The maximum absolute atomic E-state index is 4.67. The van der Waals surface area contributed by atoms with Crippen molar-refractivity contribution in [2.24, 2.45) is 0 Å². The minimum absolute atomic E-state index is 0. The summed E-state index contributed by atoms with van der Waals surface area (Å²) in [6, 6.07) is 0. The quantitative estimate of drug-likeness (QED) is 0.909. The summed E-state index contributed by atoms with van der Waals surface area (Å²) in [5, 5.41) is 6.09. The van der Waals surface area contributed by atoms with E-state index in [9.17, 15) is 0 Å². The first-order valence-electron chi connectivity index (χ1n) is 6.11. The molecule has 1 fully saturated rings. The smallest absolute Gasteiger partial charge is 0.114 e. The first-order valence-corrected chi connectivity index (χ1v) is 6.93. The molecule has 0 amide bonds. The molecule has 3 nitrogen and oxygen atoms in total.